The molecule has 0 unspecified atom stereocenters. The third-order valence-electron chi connectivity index (χ3n) is 11.4. The van der Waals surface area contributed by atoms with Crippen molar-refractivity contribution in [3.8, 4) is 11.5 Å². The molecule has 2 N–H and O–H groups in total. The number of nitrogens with one attached hydrogen (secondary N) is 1. The molecule has 4 atom stereocenters. The number of aliphatic hydroxyl groups is 1. The molecule has 0 saturated carbocycles. The Bertz CT molecular complexity index is 1690. The van der Waals surface area contributed by atoms with Gasteiger partial charge in [0, 0.05) is 56.2 Å². The number of β-amino-alcohol motifs (C(OH)–C–C–N with tert-alkyl or cyclic N) is 1. The smallest absolute Gasteiger partial charge is 0.280 e. The van der Waals surface area contributed by atoms with Gasteiger partial charge >= 0.3 is 0 Å². The summed E-state index contributed by atoms with van der Waals surface area (Å²) < 4.78 is 62.4. The number of anilines is 1. The number of carbonyl (C=O) groups is 1. The Morgan fingerprint density at radius 1 is 1.13 bits per heavy atom. The number of halogens is 1. The maximum atomic E-state index is 14.5. The molecule has 1 amide bonds. The van der Waals surface area contributed by atoms with E-state index in [4.69, 9.17) is 14.2 Å². The van der Waals surface area contributed by atoms with Crippen LogP contribution in [0, 0.1) is 11.2 Å². The zero-order valence-corrected chi connectivity index (χ0v) is 31.2. The molecule has 0 aliphatic carbocycles. The molecular formula is C36H52FN7O7S. The van der Waals surface area contributed by atoms with Crippen molar-refractivity contribution in [3.05, 3.63) is 42.1 Å². The first-order chi connectivity index (χ1) is 24.8. The monoisotopic (exact) mass is 745 g/mol. The molecule has 5 fully saturated rings. The predicted molar refractivity (Wildman–Crippen MR) is 191 cm³/mol. The van der Waals surface area contributed by atoms with Gasteiger partial charge in [0.1, 0.15) is 17.9 Å². The molecule has 14 nitrogen and oxygen atoms in total. The first-order valence-electron chi connectivity index (χ1n) is 18.6. The zero-order valence-electron chi connectivity index (χ0n) is 30.4. The topological polar surface area (TPSA) is 150 Å². The van der Waals surface area contributed by atoms with E-state index >= 15 is 0 Å². The van der Waals surface area contributed by atoms with Gasteiger partial charge in [0.05, 0.1) is 37.6 Å². The number of aromatic nitrogens is 2. The standard InChI is InChI=1S/C36H52FN7O7S/c1-25(2)44(29-9-16-49-20-29)34(45)30-17-27(37)6-7-31(30)51-32-18-38-24-39-33(32)42-21-35(22-42)11-14-41(15-12-35)23-36(46)10-8-28(19-50-36)40-52(47,48)43-13-4-5-26(43)3/h6-7,17-18,24-26,28-29,40,46H,4-5,8-16,19-23H2,1-3H3/t26-,28+,29+,36+/m0/s1. The molecule has 286 valence electrons. The molecule has 2 aromatic rings. The van der Waals surface area contributed by atoms with Crippen LogP contribution in [-0.2, 0) is 19.7 Å². The third kappa shape index (κ3) is 7.93. The first kappa shape index (κ1) is 37.3. The molecule has 7 rings (SSSR count). The number of nitrogens with zero attached hydrogens (tertiary/aromatic N) is 6. The van der Waals surface area contributed by atoms with Gasteiger partial charge in [-0.1, -0.05) is 0 Å². The average molecular weight is 746 g/mol. The largest absolute Gasteiger partial charge is 0.451 e. The Hall–Kier alpha value is -2.99. The second-order valence-electron chi connectivity index (χ2n) is 15.6. The highest BCUT2D eigenvalue weighted by Crippen LogP contribution is 2.45. The van der Waals surface area contributed by atoms with E-state index in [2.05, 4.69) is 24.5 Å². The number of hydrogen-bond donors (Lipinski definition) is 2. The van der Waals surface area contributed by atoms with E-state index in [0.717, 1.165) is 58.3 Å². The van der Waals surface area contributed by atoms with Crippen LogP contribution in [0.4, 0.5) is 10.2 Å². The van der Waals surface area contributed by atoms with Crippen molar-refractivity contribution < 1.29 is 36.9 Å². The predicted octanol–water partition coefficient (Wildman–Crippen LogP) is 3.14. The third-order valence-corrected chi connectivity index (χ3v) is 13.2. The molecule has 5 aliphatic heterocycles. The summed E-state index contributed by atoms with van der Waals surface area (Å²) in [4.78, 5) is 28.7. The summed E-state index contributed by atoms with van der Waals surface area (Å²) >= 11 is 0. The van der Waals surface area contributed by atoms with E-state index in [0.29, 0.717) is 50.7 Å². The van der Waals surface area contributed by atoms with Gasteiger partial charge in [0.2, 0.25) is 0 Å². The van der Waals surface area contributed by atoms with Crippen molar-refractivity contribution in [2.24, 2.45) is 5.41 Å². The summed E-state index contributed by atoms with van der Waals surface area (Å²) in [5.41, 5.74) is 0.225. The van der Waals surface area contributed by atoms with Gasteiger partial charge in [0.25, 0.3) is 16.1 Å². The molecule has 1 aromatic heterocycles. The number of likely N-dealkylation sites (tertiary alicyclic amines) is 1. The molecule has 5 aliphatic rings. The zero-order chi connectivity index (χ0) is 36.7. The Kier molecular flexibility index (Phi) is 10.8. The Morgan fingerprint density at radius 2 is 1.92 bits per heavy atom. The fourth-order valence-electron chi connectivity index (χ4n) is 8.53. The van der Waals surface area contributed by atoms with Crippen molar-refractivity contribution in [2.45, 2.75) is 95.7 Å². The van der Waals surface area contributed by atoms with Crippen molar-refractivity contribution in [1.29, 1.82) is 0 Å². The van der Waals surface area contributed by atoms with E-state index < -0.39 is 21.8 Å². The quantitative estimate of drug-likeness (QED) is 0.350. The number of hydrogen-bond acceptors (Lipinski definition) is 11. The molecule has 0 bridgehead atoms. The van der Waals surface area contributed by atoms with E-state index in [-0.39, 0.29) is 53.4 Å². The van der Waals surface area contributed by atoms with Crippen LogP contribution in [0.3, 0.4) is 0 Å². The van der Waals surface area contributed by atoms with E-state index in [1.54, 1.807) is 11.1 Å². The lowest BCUT2D eigenvalue weighted by molar-refractivity contribution is -0.239. The van der Waals surface area contributed by atoms with Gasteiger partial charge in [-0.15, -0.1) is 0 Å². The molecule has 1 spiro atoms. The van der Waals surface area contributed by atoms with Crippen LogP contribution in [0.15, 0.2) is 30.7 Å². The summed E-state index contributed by atoms with van der Waals surface area (Å²) in [6.45, 7) is 11.0. The van der Waals surface area contributed by atoms with E-state index in [1.807, 2.05) is 20.8 Å². The second-order valence-corrected chi connectivity index (χ2v) is 17.3. The molecule has 5 saturated heterocycles. The average Bonchev–Trinajstić information content (AvgIpc) is 3.79. The normalized spacial score (nSPS) is 28.3. The van der Waals surface area contributed by atoms with Gasteiger partial charge in [-0.05, 0) is 90.6 Å². The molecule has 16 heteroatoms. The van der Waals surface area contributed by atoms with E-state index in [1.165, 1.54) is 28.8 Å². The SMILES string of the molecule is CC(C)N(C(=O)c1cc(F)ccc1Oc1cncnc1N1CC2(CCN(C[C@@]3(O)CC[C@@H](NS(=O)(=O)N4CCC[C@@H]4C)CO3)CC2)C1)[C@@H]1CCOC1. The molecule has 1 aromatic carbocycles. The first-order valence-corrected chi connectivity index (χ1v) is 20.1. The summed E-state index contributed by atoms with van der Waals surface area (Å²) in [6.07, 6.45) is 8.23. The van der Waals surface area contributed by atoms with Crippen molar-refractivity contribution in [2.75, 3.05) is 64.0 Å². The number of ether oxygens (including phenoxy) is 3. The van der Waals surface area contributed by atoms with Crippen LogP contribution in [-0.4, -0.2) is 133 Å². The number of carbonyl (C=O) groups excluding carboxylic acids is 1. The molecule has 0 radical (unpaired) electrons. The Balaban J connectivity index is 0.930. The van der Waals surface area contributed by atoms with Crippen LogP contribution in [0.1, 0.15) is 76.1 Å². The minimum Gasteiger partial charge on any atom is -0.451 e. The van der Waals surface area contributed by atoms with Crippen molar-refractivity contribution >= 4 is 21.9 Å². The molecular weight excluding hydrogens is 694 g/mol. The summed E-state index contributed by atoms with van der Waals surface area (Å²) in [6, 6.07) is 3.41. The lowest BCUT2D eigenvalue weighted by Crippen LogP contribution is -2.62. The highest BCUT2D eigenvalue weighted by Gasteiger charge is 2.48. The van der Waals surface area contributed by atoms with Crippen LogP contribution in [0.2, 0.25) is 0 Å². The minimum atomic E-state index is -3.58. The van der Waals surface area contributed by atoms with Gasteiger partial charge in [-0.25, -0.2) is 14.4 Å². The lowest BCUT2D eigenvalue weighted by atomic mass is 9.72. The minimum absolute atomic E-state index is 0.00866. The van der Waals surface area contributed by atoms with Gasteiger partial charge < -0.3 is 29.1 Å². The summed E-state index contributed by atoms with van der Waals surface area (Å²) in [5.74, 6) is -0.905. The van der Waals surface area contributed by atoms with E-state index in [9.17, 15) is 22.7 Å². The van der Waals surface area contributed by atoms with Crippen molar-refractivity contribution in [3.63, 3.8) is 0 Å². The number of benzene rings is 1. The van der Waals surface area contributed by atoms with Crippen LogP contribution < -0.4 is 14.4 Å². The van der Waals surface area contributed by atoms with Gasteiger partial charge in [-0.3, -0.25) is 9.69 Å². The lowest BCUT2D eigenvalue weighted by Gasteiger charge is -2.55. The van der Waals surface area contributed by atoms with Crippen molar-refractivity contribution in [1.82, 2.24) is 28.8 Å². The Morgan fingerprint density at radius 3 is 2.58 bits per heavy atom. The maximum Gasteiger partial charge on any atom is 0.280 e. The molecule has 52 heavy (non-hydrogen) atoms. The number of piperidine rings is 1. The number of rotatable bonds is 11. The maximum absolute atomic E-state index is 14.5. The van der Waals surface area contributed by atoms with Crippen LogP contribution >= 0.6 is 0 Å². The van der Waals surface area contributed by atoms with Gasteiger partial charge in [-0.2, -0.15) is 17.4 Å². The fourth-order valence-corrected chi connectivity index (χ4v) is 10.2. The highest BCUT2D eigenvalue weighted by atomic mass is 32.2. The van der Waals surface area contributed by atoms with Crippen LogP contribution in [0.25, 0.3) is 0 Å². The fraction of sp³-hybridized carbons (Fsp3) is 0.694. The second kappa shape index (κ2) is 15.0. The Labute approximate surface area is 305 Å². The summed E-state index contributed by atoms with van der Waals surface area (Å²) in [7, 11) is -3.58. The number of amides is 1. The highest BCUT2D eigenvalue weighted by molar-refractivity contribution is 7.87. The summed E-state index contributed by atoms with van der Waals surface area (Å²) in [5, 5.41) is 11.3. The van der Waals surface area contributed by atoms with Crippen LogP contribution in [0.5, 0.6) is 11.5 Å². The molecule has 6 heterocycles. The van der Waals surface area contributed by atoms with Gasteiger partial charge in [0.15, 0.2) is 17.4 Å².